The fourth-order valence-electron chi connectivity index (χ4n) is 2.71. The number of halogens is 1. The normalized spacial score (nSPS) is 15.4. The van der Waals surface area contributed by atoms with Gasteiger partial charge in [0.15, 0.2) is 0 Å². The molecular formula is C17H17FN2O2S. The van der Waals surface area contributed by atoms with Crippen molar-refractivity contribution in [3.8, 4) is 0 Å². The van der Waals surface area contributed by atoms with Crippen molar-refractivity contribution in [2.24, 2.45) is 5.92 Å². The molecule has 6 heteroatoms. The van der Waals surface area contributed by atoms with Crippen molar-refractivity contribution in [1.29, 1.82) is 0 Å². The Morgan fingerprint density at radius 1 is 1.17 bits per heavy atom. The highest BCUT2D eigenvalue weighted by molar-refractivity contribution is 7.12. The minimum absolute atomic E-state index is 0.0315. The molecule has 0 spiro atoms. The van der Waals surface area contributed by atoms with Crippen LogP contribution >= 0.6 is 11.3 Å². The van der Waals surface area contributed by atoms with E-state index < -0.39 is 0 Å². The van der Waals surface area contributed by atoms with Crippen LogP contribution in [0.15, 0.2) is 41.8 Å². The molecule has 2 heterocycles. The van der Waals surface area contributed by atoms with Crippen molar-refractivity contribution >= 4 is 28.8 Å². The number of hydrogen-bond donors (Lipinski definition) is 1. The lowest BCUT2D eigenvalue weighted by Crippen LogP contribution is -2.41. The summed E-state index contributed by atoms with van der Waals surface area (Å²) in [6, 6.07) is 9.54. The fourth-order valence-corrected chi connectivity index (χ4v) is 3.40. The Labute approximate surface area is 137 Å². The number of nitrogens with one attached hydrogen (secondary N) is 1. The molecule has 0 bridgehead atoms. The second-order valence-electron chi connectivity index (χ2n) is 5.54. The van der Waals surface area contributed by atoms with Gasteiger partial charge in [-0.05, 0) is 42.5 Å². The van der Waals surface area contributed by atoms with Gasteiger partial charge >= 0.3 is 0 Å². The highest BCUT2D eigenvalue weighted by atomic mass is 32.1. The second kappa shape index (κ2) is 6.91. The Morgan fingerprint density at radius 3 is 2.61 bits per heavy atom. The molecule has 1 aromatic carbocycles. The molecule has 0 unspecified atom stereocenters. The van der Waals surface area contributed by atoms with Crippen LogP contribution in [0.1, 0.15) is 22.5 Å². The summed E-state index contributed by atoms with van der Waals surface area (Å²) >= 11 is 1.43. The van der Waals surface area contributed by atoms with E-state index in [4.69, 9.17) is 0 Å². The van der Waals surface area contributed by atoms with Crippen LogP contribution in [-0.4, -0.2) is 29.8 Å². The van der Waals surface area contributed by atoms with Gasteiger partial charge in [0.1, 0.15) is 5.82 Å². The van der Waals surface area contributed by atoms with E-state index in [2.05, 4.69) is 5.32 Å². The van der Waals surface area contributed by atoms with Crippen molar-refractivity contribution in [1.82, 2.24) is 4.90 Å². The largest absolute Gasteiger partial charge is 0.338 e. The van der Waals surface area contributed by atoms with Crippen LogP contribution in [0.25, 0.3) is 0 Å². The van der Waals surface area contributed by atoms with E-state index >= 15 is 0 Å². The first-order chi connectivity index (χ1) is 11.1. The molecule has 2 aromatic rings. The Kier molecular flexibility index (Phi) is 4.71. The molecule has 1 fully saturated rings. The first-order valence-corrected chi connectivity index (χ1v) is 8.40. The van der Waals surface area contributed by atoms with Crippen LogP contribution in [0.4, 0.5) is 10.1 Å². The summed E-state index contributed by atoms with van der Waals surface area (Å²) in [5, 5.41) is 4.63. The Morgan fingerprint density at radius 2 is 1.96 bits per heavy atom. The second-order valence-corrected chi connectivity index (χ2v) is 6.49. The van der Waals surface area contributed by atoms with Crippen LogP contribution in [-0.2, 0) is 4.79 Å². The van der Waals surface area contributed by atoms with E-state index in [-0.39, 0.29) is 23.5 Å². The molecule has 0 saturated carbocycles. The minimum atomic E-state index is -0.376. The number of thiophene rings is 1. The number of anilines is 1. The zero-order valence-electron chi connectivity index (χ0n) is 12.5. The maximum atomic E-state index is 13.1. The van der Waals surface area contributed by atoms with Crippen molar-refractivity contribution < 1.29 is 14.0 Å². The van der Waals surface area contributed by atoms with Crippen molar-refractivity contribution in [2.75, 3.05) is 18.4 Å². The first-order valence-electron chi connectivity index (χ1n) is 7.52. The Balaban J connectivity index is 1.54. The summed E-state index contributed by atoms with van der Waals surface area (Å²) in [6.45, 7) is 1.13. The molecule has 120 valence electrons. The third-order valence-electron chi connectivity index (χ3n) is 3.98. The van der Waals surface area contributed by atoms with Gasteiger partial charge in [0.25, 0.3) is 5.91 Å². The van der Waals surface area contributed by atoms with Crippen molar-refractivity contribution in [3.05, 3.63) is 52.5 Å². The molecule has 0 radical (unpaired) electrons. The van der Waals surface area contributed by atoms with Crippen LogP contribution in [0.2, 0.25) is 0 Å². The maximum absolute atomic E-state index is 13.1. The molecule has 0 aliphatic carbocycles. The van der Waals surface area contributed by atoms with Gasteiger partial charge in [0.05, 0.1) is 4.88 Å². The summed E-state index contributed by atoms with van der Waals surface area (Å²) in [6.07, 6.45) is 1.25. The van der Waals surface area contributed by atoms with Gasteiger partial charge < -0.3 is 10.2 Å². The minimum Gasteiger partial charge on any atom is -0.338 e. The summed E-state index contributed by atoms with van der Waals surface area (Å²) in [4.78, 5) is 27.0. The third kappa shape index (κ3) is 3.76. The lowest BCUT2D eigenvalue weighted by atomic mass is 9.95. The summed E-state index contributed by atoms with van der Waals surface area (Å²) in [5.74, 6) is -0.604. The van der Waals surface area contributed by atoms with Crippen LogP contribution in [0, 0.1) is 11.7 Å². The number of rotatable bonds is 3. The molecule has 23 heavy (non-hydrogen) atoms. The molecule has 1 N–H and O–H groups in total. The lowest BCUT2D eigenvalue weighted by molar-refractivity contribution is -0.121. The van der Waals surface area contributed by atoms with Gasteiger partial charge in [-0.15, -0.1) is 11.3 Å². The van der Waals surface area contributed by atoms with Gasteiger partial charge in [-0.1, -0.05) is 12.1 Å². The topological polar surface area (TPSA) is 49.4 Å². The average molecular weight is 332 g/mol. The lowest BCUT2D eigenvalue weighted by Gasteiger charge is -2.31. The number of nitrogens with zero attached hydrogens (tertiary/aromatic N) is 1. The zero-order valence-corrected chi connectivity index (χ0v) is 13.3. The van der Waals surface area contributed by atoms with Gasteiger partial charge in [-0.3, -0.25) is 9.59 Å². The monoisotopic (exact) mass is 332 g/mol. The van der Waals surface area contributed by atoms with Gasteiger partial charge in [-0.2, -0.15) is 0 Å². The number of likely N-dealkylation sites (tertiary alicyclic amines) is 1. The quantitative estimate of drug-likeness (QED) is 0.937. The molecule has 3 rings (SSSR count). The van der Waals surface area contributed by atoms with E-state index in [0.717, 1.165) is 4.88 Å². The third-order valence-corrected chi connectivity index (χ3v) is 4.83. The van der Waals surface area contributed by atoms with Crippen molar-refractivity contribution in [3.63, 3.8) is 0 Å². The number of benzene rings is 1. The van der Waals surface area contributed by atoms with Gasteiger partial charge in [-0.25, -0.2) is 4.39 Å². The predicted octanol–water partition coefficient (Wildman–Crippen LogP) is 3.38. The van der Waals surface area contributed by atoms with E-state index in [1.54, 1.807) is 17.0 Å². The Hall–Kier alpha value is -2.21. The average Bonchev–Trinajstić information content (AvgIpc) is 3.09. The zero-order chi connectivity index (χ0) is 16.2. The highest BCUT2D eigenvalue weighted by Crippen LogP contribution is 2.22. The van der Waals surface area contributed by atoms with Crippen molar-refractivity contribution in [2.45, 2.75) is 12.8 Å². The number of carbonyl (C=O) groups excluding carboxylic acids is 2. The molecule has 1 aromatic heterocycles. The molecule has 2 amide bonds. The van der Waals surface area contributed by atoms with E-state index in [9.17, 15) is 14.0 Å². The van der Waals surface area contributed by atoms with E-state index in [1.807, 2.05) is 17.5 Å². The fraction of sp³-hybridized carbons (Fsp3) is 0.294. The SMILES string of the molecule is O=C(Nc1cccc(F)c1)C1CCN(C(=O)c2cccs2)CC1. The molecule has 1 aliphatic heterocycles. The van der Waals surface area contributed by atoms with Gasteiger partial charge in [0.2, 0.25) is 5.91 Å². The highest BCUT2D eigenvalue weighted by Gasteiger charge is 2.28. The maximum Gasteiger partial charge on any atom is 0.263 e. The Bertz CT molecular complexity index is 694. The van der Waals surface area contributed by atoms with Gasteiger partial charge in [0, 0.05) is 24.7 Å². The molecule has 1 aliphatic rings. The van der Waals surface area contributed by atoms with E-state index in [0.29, 0.717) is 31.6 Å². The molecular weight excluding hydrogens is 315 g/mol. The van der Waals surface area contributed by atoms with E-state index in [1.165, 1.54) is 23.5 Å². The smallest absolute Gasteiger partial charge is 0.263 e. The number of amides is 2. The van der Waals surface area contributed by atoms with Crippen LogP contribution < -0.4 is 5.32 Å². The number of carbonyl (C=O) groups is 2. The molecule has 0 atom stereocenters. The summed E-state index contributed by atoms with van der Waals surface area (Å²) in [5.41, 5.74) is 0.465. The molecule has 1 saturated heterocycles. The van der Waals surface area contributed by atoms with Crippen LogP contribution in [0.5, 0.6) is 0 Å². The van der Waals surface area contributed by atoms with Crippen LogP contribution in [0.3, 0.4) is 0 Å². The summed E-state index contributed by atoms with van der Waals surface area (Å²) in [7, 11) is 0. The predicted molar refractivity (Wildman–Crippen MR) is 88.0 cm³/mol. The summed E-state index contributed by atoms with van der Waals surface area (Å²) < 4.78 is 13.1. The number of hydrogen-bond acceptors (Lipinski definition) is 3. The standard InChI is InChI=1S/C17H17FN2O2S/c18-13-3-1-4-14(11-13)19-16(21)12-6-8-20(9-7-12)17(22)15-5-2-10-23-15/h1-5,10-12H,6-9H2,(H,19,21). The number of piperidine rings is 1. The molecule has 4 nitrogen and oxygen atoms in total. The first kappa shape index (κ1) is 15.7.